The molecule has 78 heavy (non-hydrogen) atoms. The monoisotopic (exact) mass is 1060 g/mol. The third-order valence-corrected chi connectivity index (χ3v) is 14.1. The molecule has 8 rings (SSSR count). The van der Waals surface area contributed by atoms with Crippen LogP contribution < -0.4 is 15.4 Å². The van der Waals surface area contributed by atoms with Crippen LogP contribution >= 0.6 is 0 Å². The van der Waals surface area contributed by atoms with Gasteiger partial charge in [0.15, 0.2) is 23.2 Å². The first kappa shape index (κ1) is 55.5. The zero-order valence-electron chi connectivity index (χ0n) is 45.1. The van der Waals surface area contributed by atoms with Gasteiger partial charge < -0.3 is 38.7 Å². The average molecular weight is 1060 g/mol. The maximum Gasteiger partial charge on any atom is 0.306 e. The predicted octanol–water partition coefficient (Wildman–Crippen LogP) is 7.19. The van der Waals surface area contributed by atoms with Gasteiger partial charge >= 0.3 is 5.97 Å². The molecular weight excluding hydrogens is 995 g/mol. The average Bonchev–Trinajstić information content (AvgIpc) is 4.31. The maximum atomic E-state index is 14.0. The standard InChI is InChI=1S/C59H65N9O10/c1-10-17-78-55(73)27-43(34(2)3)57(74)61-37(6)49(69)24-38-13-14-46-41(21-38)15-16-67(46)59(76)48-23-40(32-65(48)8)25-50(70)47-22-39(31-64(47)7)26-51(71)56-63-53(33-66(56)9)62-54(72)12-11-18-77-52-28-45-44(20-36(52)5)58(75)68-30-35(4)19-42(68)29-60-45/h10,13-16,20-23,28-29,31-34,37,42-43H,1,4,11-12,17-19,24-27,30H2,2-3,5-9H3,(H,61,74)(H,62,72)/t37-,42-,43-/m0/s1. The minimum atomic E-state index is -0.812. The van der Waals surface area contributed by atoms with Crippen LogP contribution in [0.1, 0.15) is 111 Å². The lowest BCUT2D eigenvalue weighted by Crippen LogP contribution is -2.44. The molecule has 0 spiro atoms. The maximum absolute atomic E-state index is 14.0. The van der Waals surface area contributed by atoms with Crippen molar-refractivity contribution >= 4 is 75.6 Å². The molecule has 2 N–H and O–H groups in total. The number of anilines is 1. The number of aryl methyl sites for hydroxylation is 4. The number of ether oxygens (including phenoxy) is 2. The Balaban J connectivity index is 0.810. The molecule has 19 nitrogen and oxygen atoms in total. The first-order chi connectivity index (χ1) is 37.2. The van der Waals surface area contributed by atoms with Crippen molar-refractivity contribution in [2.75, 3.05) is 25.1 Å². The normalized spacial score (nSPS) is 14.7. The van der Waals surface area contributed by atoms with Crippen LogP contribution in [-0.2, 0) is 64.3 Å². The molecule has 0 radical (unpaired) electrons. The van der Waals surface area contributed by atoms with E-state index in [1.54, 1.807) is 120 Å². The molecule has 0 bridgehead atoms. The molecule has 1 saturated heterocycles. The van der Waals surface area contributed by atoms with Gasteiger partial charge in [-0.05, 0) is 91.3 Å². The largest absolute Gasteiger partial charge is 0.493 e. The highest BCUT2D eigenvalue weighted by Gasteiger charge is 2.34. The Morgan fingerprint density at radius 3 is 2.31 bits per heavy atom. The second kappa shape index (κ2) is 23.7. The number of esters is 1. The number of benzene rings is 2. The first-order valence-electron chi connectivity index (χ1n) is 25.9. The Bertz CT molecular complexity index is 3440. The van der Waals surface area contributed by atoms with Gasteiger partial charge in [0.1, 0.15) is 18.1 Å². The predicted molar refractivity (Wildman–Crippen MR) is 293 cm³/mol. The van der Waals surface area contributed by atoms with Gasteiger partial charge in [-0.15, -0.1) is 0 Å². The molecule has 4 aromatic heterocycles. The highest BCUT2D eigenvalue weighted by molar-refractivity contribution is 6.04. The van der Waals surface area contributed by atoms with Crippen LogP contribution in [0.4, 0.5) is 11.5 Å². The van der Waals surface area contributed by atoms with E-state index in [0.29, 0.717) is 70.0 Å². The van der Waals surface area contributed by atoms with E-state index >= 15 is 0 Å². The molecule has 1 fully saturated rings. The summed E-state index contributed by atoms with van der Waals surface area (Å²) in [4.78, 5) is 117. The summed E-state index contributed by atoms with van der Waals surface area (Å²) >= 11 is 0. The summed E-state index contributed by atoms with van der Waals surface area (Å²) in [6, 6.07) is 13.1. The Labute approximate surface area is 452 Å². The molecule has 19 heteroatoms. The number of amides is 3. The fraction of sp³-hybridized carbons (Fsp3) is 0.356. The molecule has 0 saturated carbocycles. The fourth-order valence-electron chi connectivity index (χ4n) is 9.89. The van der Waals surface area contributed by atoms with E-state index in [9.17, 15) is 38.4 Å². The van der Waals surface area contributed by atoms with Crippen molar-refractivity contribution < 1.29 is 47.8 Å². The molecule has 2 aliphatic rings. The molecule has 6 aromatic rings. The molecule has 2 aromatic carbocycles. The topological polar surface area (TPSA) is 227 Å². The van der Waals surface area contributed by atoms with Crippen molar-refractivity contribution in [2.45, 2.75) is 84.7 Å². The van der Waals surface area contributed by atoms with Gasteiger partial charge in [-0.2, -0.15) is 0 Å². The summed E-state index contributed by atoms with van der Waals surface area (Å²) in [5, 5.41) is 6.25. The first-order valence-corrected chi connectivity index (χ1v) is 25.9. The number of fused-ring (bicyclic) bond motifs is 3. The molecule has 0 aliphatic carbocycles. The summed E-state index contributed by atoms with van der Waals surface area (Å²) in [5.74, 6) is -2.28. The van der Waals surface area contributed by atoms with Gasteiger partial charge in [-0.1, -0.05) is 44.7 Å². The zero-order chi connectivity index (χ0) is 56.1. The smallest absolute Gasteiger partial charge is 0.306 e. The van der Waals surface area contributed by atoms with E-state index in [-0.39, 0.29) is 104 Å². The molecule has 2 aliphatic heterocycles. The molecule has 406 valence electrons. The Kier molecular flexibility index (Phi) is 16.8. The van der Waals surface area contributed by atoms with E-state index in [4.69, 9.17) is 9.47 Å². The number of rotatable bonds is 23. The Morgan fingerprint density at radius 1 is 0.859 bits per heavy atom. The molecular formula is C59H65N9O10. The number of hydrogen-bond acceptors (Lipinski definition) is 12. The van der Waals surface area contributed by atoms with Gasteiger partial charge in [0.05, 0.1) is 53.5 Å². The van der Waals surface area contributed by atoms with Gasteiger partial charge in [-0.3, -0.25) is 47.9 Å². The minimum Gasteiger partial charge on any atom is -0.493 e. The van der Waals surface area contributed by atoms with E-state index < -0.39 is 23.8 Å². The van der Waals surface area contributed by atoms with Crippen molar-refractivity contribution in [2.24, 2.45) is 38.0 Å². The van der Waals surface area contributed by atoms with Crippen LogP contribution in [0.15, 0.2) is 103 Å². The second-order valence-electron chi connectivity index (χ2n) is 20.6. The van der Waals surface area contributed by atoms with Gasteiger partial charge in [0.25, 0.3) is 11.8 Å². The summed E-state index contributed by atoms with van der Waals surface area (Å²) in [6.45, 7) is 15.5. The number of hydrogen-bond donors (Lipinski definition) is 2. The number of Topliss-reactive ketones (excluding diaryl/α,β-unsaturated/α-hetero) is 3. The van der Waals surface area contributed by atoms with Crippen LogP contribution in [0.3, 0.4) is 0 Å². The summed E-state index contributed by atoms with van der Waals surface area (Å²) < 4.78 is 17.5. The lowest BCUT2D eigenvalue weighted by molar-refractivity contribution is -0.146. The van der Waals surface area contributed by atoms with Gasteiger partial charge in [0.2, 0.25) is 17.6 Å². The van der Waals surface area contributed by atoms with Gasteiger partial charge in [-0.25, -0.2) is 4.98 Å². The van der Waals surface area contributed by atoms with E-state index in [1.165, 1.54) is 10.6 Å². The van der Waals surface area contributed by atoms with Crippen LogP contribution in [0, 0.1) is 18.8 Å². The van der Waals surface area contributed by atoms with Crippen LogP contribution in [0.25, 0.3) is 10.9 Å². The Hall–Kier alpha value is -8.74. The molecule has 3 amide bonds. The number of aliphatic imine (C=N–C) groups is 1. The summed E-state index contributed by atoms with van der Waals surface area (Å²) in [7, 11) is 5.11. The zero-order valence-corrected chi connectivity index (χ0v) is 45.1. The highest BCUT2D eigenvalue weighted by atomic mass is 16.5. The highest BCUT2D eigenvalue weighted by Crippen LogP contribution is 2.35. The minimum absolute atomic E-state index is 0.00843. The quantitative estimate of drug-likeness (QED) is 0.0282. The number of ketones is 3. The molecule has 3 atom stereocenters. The van der Waals surface area contributed by atoms with E-state index in [1.807, 2.05) is 26.8 Å². The van der Waals surface area contributed by atoms with Crippen molar-refractivity contribution in [1.29, 1.82) is 0 Å². The van der Waals surface area contributed by atoms with Crippen molar-refractivity contribution in [3.05, 3.63) is 143 Å². The summed E-state index contributed by atoms with van der Waals surface area (Å²) in [6.07, 6.45) is 11.0. The number of aromatic nitrogens is 5. The molecule has 0 unspecified atom stereocenters. The number of nitrogens with zero attached hydrogens (tertiary/aromatic N) is 7. The lowest BCUT2D eigenvalue weighted by atomic mass is 9.91. The number of imidazole rings is 1. The van der Waals surface area contributed by atoms with Crippen LogP contribution in [0.5, 0.6) is 5.75 Å². The second-order valence-corrected chi connectivity index (χ2v) is 20.6. The fourth-order valence-corrected chi connectivity index (χ4v) is 9.89. The van der Waals surface area contributed by atoms with Gasteiger partial charge in [0, 0.05) is 95.8 Å². The number of nitrogens with one attached hydrogen (secondary N) is 2. The lowest BCUT2D eigenvalue weighted by Gasteiger charge is -2.22. The number of carbonyl (C=O) groups is 8. The van der Waals surface area contributed by atoms with E-state index in [2.05, 4.69) is 33.8 Å². The van der Waals surface area contributed by atoms with Crippen molar-refractivity contribution in [3.63, 3.8) is 0 Å². The molecule has 6 heterocycles. The van der Waals surface area contributed by atoms with E-state index in [0.717, 1.165) is 16.5 Å². The Morgan fingerprint density at radius 2 is 1.58 bits per heavy atom. The third-order valence-electron chi connectivity index (χ3n) is 14.1. The van der Waals surface area contributed by atoms with Crippen molar-refractivity contribution in [3.8, 4) is 5.75 Å². The third kappa shape index (κ3) is 12.6. The van der Waals surface area contributed by atoms with Crippen molar-refractivity contribution in [1.82, 2.24) is 33.5 Å². The number of carbonyl (C=O) groups excluding carboxylic acids is 8. The van der Waals surface area contributed by atoms with Crippen LogP contribution in [-0.4, -0.2) is 113 Å². The van der Waals surface area contributed by atoms with Crippen LogP contribution in [0.2, 0.25) is 0 Å². The SMILES string of the molecule is C=CCOC(=O)C[C@H](C(=O)N[C@@H](C)C(=O)Cc1ccc2c(ccn2C(=O)c2cc(CC(=O)c3cc(CC(=O)c4nc(NC(=O)CCCOc5cc6c(cc5C)C(=O)N5CC(=C)C[C@H]5C=N6)cn4C)cn3C)cn2C)c1)C(C)C. The summed E-state index contributed by atoms with van der Waals surface area (Å²) in [5.41, 5.74) is 6.10.